The van der Waals surface area contributed by atoms with Gasteiger partial charge < -0.3 is 24.5 Å². The molecule has 2 aliphatic heterocycles. The molecule has 2 heterocycles. The predicted octanol–water partition coefficient (Wildman–Crippen LogP) is 0.165. The van der Waals surface area contributed by atoms with Gasteiger partial charge in [0.2, 0.25) is 0 Å². The minimum atomic E-state index is -0.889. The highest BCUT2D eigenvalue weighted by Gasteiger charge is 2.40. The second-order valence-electron chi connectivity index (χ2n) is 5.54. The van der Waals surface area contributed by atoms with E-state index in [4.69, 9.17) is 4.74 Å². The minimum absolute atomic E-state index is 0.0602. The summed E-state index contributed by atoms with van der Waals surface area (Å²) in [7, 11) is 0. The third kappa shape index (κ3) is 3.47. The van der Waals surface area contributed by atoms with Crippen LogP contribution < -0.4 is 0 Å². The van der Waals surface area contributed by atoms with Crippen molar-refractivity contribution in [1.82, 2.24) is 14.7 Å². The van der Waals surface area contributed by atoms with Crippen LogP contribution in [0.15, 0.2) is 0 Å². The molecule has 2 unspecified atom stereocenters. The summed E-state index contributed by atoms with van der Waals surface area (Å²) in [5, 5.41) is 9.25. The lowest BCUT2D eigenvalue weighted by atomic mass is 10.0. The van der Waals surface area contributed by atoms with E-state index < -0.39 is 11.9 Å². The van der Waals surface area contributed by atoms with Gasteiger partial charge in [-0.1, -0.05) is 6.92 Å². The van der Waals surface area contributed by atoms with Gasteiger partial charge in [0.15, 0.2) is 0 Å². The van der Waals surface area contributed by atoms with E-state index in [1.165, 1.54) is 0 Å². The molecule has 2 saturated heterocycles. The summed E-state index contributed by atoms with van der Waals surface area (Å²) in [4.78, 5) is 29.7. The molecule has 7 nitrogen and oxygen atoms in total. The summed E-state index contributed by atoms with van der Waals surface area (Å²) in [5.41, 5.74) is 0. The number of carboxylic acid groups (broad SMARTS) is 1. The molecule has 2 fully saturated rings. The van der Waals surface area contributed by atoms with Gasteiger partial charge in [0, 0.05) is 32.7 Å². The first kappa shape index (κ1) is 16.0. The van der Waals surface area contributed by atoms with Crippen LogP contribution in [0.1, 0.15) is 13.8 Å². The molecule has 1 N–H and O–H groups in total. The van der Waals surface area contributed by atoms with Crippen LogP contribution in [-0.2, 0) is 9.53 Å². The number of amides is 2. The molecule has 0 spiro atoms. The topological polar surface area (TPSA) is 73.3 Å². The lowest BCUT2D eigenvalue weighted by Crippen LogP contribution is -2.56. The molecule has 21 heavy (non-hydrogen) atoms. The second kappa shape index (κ2) is 7.09. The van der Waals surface area contributed by atoms with Crippen molar-refractivity contribution in [2.45, 2.75) is 19.9 Å². The van der Waals surface area contributed by atoms with Crippen LogP contribution in [-0.4, -0.2) is 90.3 Å². The predicted molar refractivity (Wildman–Crippen MR) is 77.2 cm³/mol. The highest BCUT2D eigenvalue weighted by atomic mass is 16.5. The summed E-state index contributed by atoms with van der Waals surface area (Å²) >= 11 is 0. The Balaban J connectivity index is 2.00. The van der Waals surface area contributed by atoms with Crippen LogP contribution in [0.25, 0.3) is 0 Å². The fourth-order valence-electron chi connectivity index (χ4n) is 3.03. The standard InChI is InChI=1S/C14H25N3O4/c1-3-15-5-7-16(8-6-15)14(20)17(4-2)12-10-21-9-11(12)13(18)19/h11-12H,3-10H2,1-2H3,(H,18,19). The van der Waals surface area contributed by atoms with E-state index in [1.807, 2.05) is 11.8 Å². The summed E-state index contributed by atoms with van der Waals surface area (Å²) in [6.07, 6.45) is 0. The SMILES string of the molecule is CCN1CCN(C(=O)N(CC)C2COCC2C(=O)O)CC1. The van der Waals surface area contributed by atoms with Crippen LogP contribution in [0.2, 0.25) is 0 Å². The number of likely N-dealkylation sites (N-methyl/N-ethyl adjacent to an activating group) is 2. The first-order valence-corrected chi connectivity index (χ1v) is 7.66. The molecule has 0 saturated carbocycles. The van der Waals surface area contributed by atoms with Crippen LogP contribution in [0.3, 0.4) is 0 Å². The monoisotopic (exact) mass is 299 g/mol. The average Bonchev–Trinajstić information content (AvgIpc) is 2.97. The molecule has 2 aliphatic rings. The number of carbonyl (C=O) groups excluding carboxylic acids is 1. The van der Waals surface area contributed by atoms with Gasteiger partial charge in [-0.25, -0.2) is 4.79 Å². The molecule has 2 rings (SSSR count). The van der Waals surface area contributed by atoms with Gasteiger partial charge in [0.1, 0.15) is 5.92 Å². The summed E-state index contributed by atoms with van der Waals surface area (Å²) in [5.74, 6) is -1.51. The van der Waals surface area contributed by atoms with Crippen molar-refractivity contribution < 1.29 is 19.4 Å². The maximum Gasteiger partial charge on any atom is 0.320 e. The fourth-order valence-corrected chi connectivity index (χ4v) is 3.03. The summed E-state index contributed by atoms with van der Waals surface area (Å²) in [6, 6.07) is -0.417. The van der Waals surface area contributed by atoms with Crippen LogP contribution in [0.5, 0.6) is 0 Å². The number of carboxylic acids is 1. The Hall–Kier alpha value is -1.34. The van der Waals surface area contributed by atoms with E-state index >= 15 is 0 Å². The number of aliphatic carboxylic acids is 1. The van der Waals surface area contributed by atoms with Gasteiger partial charge in [-0.3, -0.25) is 4.79 Å². The van der Waals surface area contributed by atoms with E-state index in [1.54, 1.807) is 4.90 Å². The second-order valence-corrected chi connectivity index (χ2v) is 5.54. The van der Waals surface area contributed by atoms with E-state index in [0.717, 1.165) is 19.6 Å². The minimum Gasteiger partial charge on any atom is -0.481 e. The van der Waals surface area contributed by atoms with Gasteiger partial charge in [0.05, 0.1) is 19.3 Å². The van der Waals surface area contributed by atoms with Crippen LogP contribution in [0.4, 0.5) is 4.79 Å². The van der Waals surface area contributed by atoms with E-state index in [0.29, 0.717) is 26.2 Å². The number of urea groups is 1. The van der Waals surface area contributed by atoms with Crippen LogP contribution in [0, 0.1) is 5.92 Å². The molecule has 0 aromatic rings. The van der Waals surface area contributed by atoms with Gasteiger partial charge in [-0.15, -0.1) is 0 Å². The maximum atomic E-state index is 12.7. The molecule has 0 bridgehead atoms. The Morgan fingerprint density at radius 3 is 2.38 bits per heavy atom. The van der Waals surface area contributed by atoms with Gasteiger partial charge in [0.25, 0.3) is 0 Å². The normalized spacial score (nSPS) is 26.9. The van der Waals surface area contributed by atoms with Gasteiger partial charge in [-0.05, 0) is 13.5 Å². The Bertz CT molecular complexity index is 382. The molecule has 0 aliphatic carbocycles. The first-order chi connectivity index (χ1) is 10.1. The third-order valence-corrected chi connectivity index (χ3v) is 4.44. The largest absolute Gasteiger partial charge is 0.481 e. The molecule has 2 amide bonds. The summed E-state index contributed by atoms with van der Waals surface area (Å²) < 4.78 is 5.28. The molecular weight excluding hydrogens is 274 g/mol. The zero-order valence-corrected chi connectivity index (χ0v) is 12.8. The van der Waals surface area contributed by atoms with Crippen molar-refractivity contribution >= 4 is 12.0 Å². The number of ether oxygens (including phenoxy) is 1. The summed E-state index contributed by atoms with van der Waals surface area (Å²) in [6.45, 7) is 9.16. The number of nitrogens with zero attached hydrogens (tertiary/aromatic N) is 3. The van der Waals surface area contributed by atoms with Gasteiger partial charge in [-0.2, -0.15) is 0 Å². The van der Waals surface area contributed by atoms with Crippen molar-refractivity contribution in [3.05, 3.63) is 0 Å². The van der Waals surface area contributed by atoms with E-state index in [-0.39, 0.29) is 18.7 Å². The van der Waals surface area contributed by atoms with Crippen molar-refractivity contribution in [3.8, 4) is 0 Å². The van der Waals surface area contributed by atoms with Crippen molar-refractivity contribution in [1.29, 1.82) is 0 Å². The zero-order chi connectivity index (χ0) is 15.4. The number of hydrogen-bond acceptors (Lipinski definition) is 4. The highest BCUT2D eigenvalue weighted by Crippen LogP contribution is 2.21. The molecule has 0 radical (unpaired) electrons. The third-order valence-electron chi connectivity index (χ3n) is 4.44. The quantitative estimate of drug-likeness (QED) is 0.801. The fraction of sp³-hybridized carbons (Fsp3) is 0.857. The highest BCUT2D eigenvalue weighted by molar-refractivity contribution is 5.77. The van der Waals surface area contributed by atoms with Crippen molar-refractivity contribution in [3.63, 3.8) is 0 Å². The lowest BCUT2D eigenvalue weighted by molar-refractivity contribution is -0.142. The molecule has 7 heteroatoms. The molecule has 120 valence electrons. The Labute approximate surface area is 125 Å². The van der Waals surface area contributed by atoms with E-state index in [2.05, 4.69) is 11.8 Å². The van der Waals surface area contributed by atoms with Crippen LogP contribution >= 0.6 is 0 Å². The Morgan fingerprint density at radius 1 is 1.19 bits per heavy atom. The molecule has 2 atom stereocenters. The lowest BCUT2D eigenvalue weighted by Gasteiger charge is -2.39. The maximum absolute atomic E-state index is 12.7. The number of rotatable bonds is 4. The van der Waals surface area contributed by atoms with Crippen molar-refractivity contribution in [2.75, 3.05) is 52.5 Å². The number of carbonyl (C=O) groups is 2. The number of hydrogen-bond donors (Lipinski definition) is 1. The molecule has 0 aromatic carbocycles. The molecular formula is C14H25N3O4. The smallest absolute Gasteiger partial charge is 0.320 e. The Kier molecular flexibility index (Phi) is 5.41. The zero-order valence-electron chi connectivity index (χ0n) is 12.8. The molecule has 0 aromatic heterocycles. The van der Waals surface area contributed by atoms with E-state index in [9.17, 15) is 14.7 Å². The Morgan fingerprint density at radius 2 is 1.86 bits per heavy atom. The number of piperazine rings is 1. The van der Waals surface area contributed by atoms with Crippen molar-refractivity contribution in [2.24, 2.45) is 5.92 Å². The average molecular weight is 299 g/mol. The first-order valence-electron chi connectivity index (χ1n) is 7.66. The van der Waals surface area contributed by atoms with Gasteiger partial charge >= 0.3 is 12.0 Å².